The van der Waals surface area contributed by atoms with E-state index in [2.05, 4.69) is 15.7 Å². The van der Waals surface area contributed by atoms with Crippen molar-refractivity contribution in [3.05, 3.63) is 46.2 Å². The summed E-state index contributed by atoms with van der Waals surface area (Å²) in [6, 6.07) is 5.32. The summed E-state index contributed by atoms with van der Waals surface area (Å²) in [5.41, 5.74) is 1.19. The Morgan fingerprint density at radius 2 is 2.23 bits per heavy atom. The van der Waals surface area contributed by atoms with Gasteiger partial charge in [0.05, 0.1) is 22.5 Å². The molecule has 2 N–H and O–H groups in total. The zero-order valence-electron chi connectivity index (χ0n) is 11.6. The van der Waals surface area contributed by atoms with Crippen molar-refractivity contribution >= 4 is 41.5 Å². The molecule has 1 fully saturated rings. The number of carbonyl (C=O) groups excluding carboxylic acids is 1. The van der Waals surface area contributed by atoms with Crippen LogP contribution in [0.3, 0.4) is 0 Å². The van der Waals surface area contributed by atoms with Gasteiger partial charge < -0.3 is 10.6 Å². The number of hydrogen-bond acceptors (Lipinski definition) is 3. The summed E-state index contributed by atoms with van der Waals surface area (Å²) < 4.78 is 1.57. The lowest BCUT2D eigenvalue weighted by Gasteiger charge is -2.09. The van der Waals surface area contributed by atoms with Crippen LogP contribution in [0.5, 0.6) is 0 Å². The van der Waals surface area contributed by atoms with Crippen molar-refractivity contribution in [1.82, 2.24) is 20.4 Å². The molecule has 0 bridgehead atoms. The van der Waals surface area contributed by atoms with Gasteiger partial charge >= 0.3 is 0 Å². The van der Waals surface area contributed by atoms with Gasteiger partial charge in [-0.15, -0.1) is 12.4 Å². The van der Waals surface area contributed by atoms with Crippen LogP contribution in [0.25, 0.3) is 5.69 Å². The summed E-state index contributed by atoms with van der Waals surface area (Å²) in [6.45, 7) is 1.74. The number of benzene rings is 1. The van der Waals surface area contributed by atoms with Crippen LogP contribution in [0.2, 0.25) is 10.0 Å². The third kappa shape index (κ3) is 3.73. The van der Waals surface area contributed by atoms with Gasteiger partial charge in [0.25, 0.3) is 5.91 Å². The van der Waals surface area contributed by atoms with E-state index in [1.807, 2.05) is 0 Å². The van der Waals surface area contributed by atoms with Crippen molar-refractivity contribution in [1.29, 1.82) is 0 Å². The number of amides is 1. The molecule has 1 amide bonds. The molecule has 1 aliphatic heterocycles. The second-order valence-corrected chi connectivity index (χ2v) is 5.78. The summed E-state index contributed by atoms with van der Waals surface area (Å²) in [7, 11) is 0. The number of rotatable bonds is 3. The number of aromatic nitrogens is 2. The highest BCUT2D eigenvalue weighted by Gasteiger charge is 2.18. The Labute approximate surface area is 144 Å². The quantitative estimate of drug-likeness (QED) is 0.883. The van der Waals surface area contributed by atoms with Gasteiger partial charge in [0.15, 0.2) is 0 Å². The first-order valence-corrected chi connectivity index (χ1v) is 7.41. The van der Waals surface area contributed by atoms with E-state index in [0.717, 1.165) is 19.5 Å². The average molecular weight is 362 g/mol. The lowest BCUT2D eigenvalue weighted by molar-refractivity contribution is 0.0940. The molecule has 0 spiro atoms. The van der Waals surface area contributed by atoms with Crippen LogP contribution in [-0.2, 0) is 0 Å². The zero-order valence-corrected chi connectivity index (χ0v) is 13.9. The fourth-order valence-corrected chi connectivity index (χ4v) is 2.78. The van der Waals surface area contributed by atoms with E-state index < -0.39 is 0 Å². The number of nitrogens with one attached hydrogen (secondary N) is 2. The molecule has 0 aliphatic carbocycles. The molecule has 5 nitrogen and oxygen atoms in total. The average Bonchev–Trinajstić information content (AvgIpc) is 3.09. The van der Waals surface area contributed by atoms with E-state index in [1.54, 1.807) is 29.1 Å². The van der Waals surface area contributed by atoms with E-state index in [-0.39, 0.29) is 24.4 Å². The second-order valence-electron chi connectivity index (χ2n) is 4.93. The highest BCUT2D eigenvalue weighted by Crippen LogP contribution is 2.24. The van der Waals surface area contributed by atoms with E-state index in [4.69, 9.17) is 23.2 Å². The maximum Gasteiger partial charge on any atom is 0.254 e. The molecule has 3 rings (SSSR count). The van der Waals surface area contributed by atoms with Crippen molar-refractivity contribution in [3.63, 3.8) is 0 Å². The van der Waals surface area contributed by atoms with Gasteiger partial charge in [-0.2, -0.15) is 5.10 Å². The van der Waals surface area contributed by atoms with Gasteiger partial charge in [0, 0.05) is 23.8 Å². The van der Waals surface area contributed by atoms with Gasteiger partial charge in [0.1, 0.15) is 0 Å². The molecule has 1 aromatic heterocycles. The van der Waals surface area contributed by atoms with Crippen LogP contribution in [0.4, 0.5) is 0 Å². The zero-order chi connectivity index (χ0) is 14.8. The van der Waals surface area contributed by atoms with Crippen molar-refractivity contribution in [3.8, 4) is 5.69 Å². The standard InChI is InChI=1S/C14H14Cl2N4O.ClH/c15-10-1-2-13(12(16)5-10)20-8-9(6-18-20)14(21)19-11-3-4-17-7-11;/h1-2,5-6,8,11,17H,3-4,7H2,(H,19,21);1H. The lowest BCUT2D eigenvalue weighted by atomic mass is 10.2. The SMILES string of the molecule is Cl.O=C(NC1CCNC1)c1cnn(-c2ccc(Cl)cc2Cl)c1. The van der Waals surface area contributed by atoms with Gasteiger partial charge in [-0.3, -0.25) is 4.79 Å². The number of hydrogen-bond donors (Lipinski definition) is 2. The largest absolute Gasteiger partial charge is 0.348 e. The molecule has 1 atom stereocenters. The lowest BCUT2D eigenvalue weighted by Crippen LogP contribution is -2.36. The second kappa shape index (κ2) is 7.33. The van der Waals surface area contributed by atoms with Gasteiger partial charge in [-0.25, -0.2) is 4.68 Å². The molecule has 118 valence electrons. The predicted molar refractivity (Wildman–Crippen MR) is 89.6 cm³/mol. The molecule has 2 aromatic rings. The van der Waals surface area contributed by atoms with E-state index in [1.165, 1.54) is 6.20 Å². The van der Waals surface area contributed by atoms with Crippen LogP contribution in [-0.4, -0.2) is 34.8 Å². The van der Waals surface area contributed by atoms with Crippen LogP contribution in [0.1, 0.15) is 16.8 Å². The fraction of sp³-hybridized carbons (Fsp3) is 0.286. The molecule has 0 radical (unpaired) electrons. The molecule has 22 heavy (non-hydrogen) atoms. The molecule has 8 heteroatoms. The van der Waals surface area contributed by atoms with Crippen LogP contribution in [0.15, 0.2) is 30.6 Å². The Morgan fingerprint density at radius 1 is 1.41 bits per heavy atom. The monoisotopic (exact) mass is 360 g/mol. The molecule has 1 aliphatic rings. The summed E-state index contributed by atoms with van der Waals surface area (Å²) in [5, 5.41) is 11.4. The minimum Gasteiger partial charge on any atom is -0.348 e. The molecular weight excluding hydrogens is 347 g/mol. The smallest absolute Gasteiger partial charge is 0.254 e. The Hall–Kier alpha value is -1.27. The molecule has 1 saturated heterocycles. The minimum atomic E-state index is -0.125. The van der Waals surface area contributed by atoms with Crippen LogP contribution in [0, 0.1) is 0 Å². The number of nitrogens with zero attached hydrogens (tertiary/aromatic N) is 2. The van der Waals surface area contributed by atoms with Gasteiger partial charge in [-0.1, -0.05) is 23.2 Å². The molecule has 2 heterocycles. The highest BCUT2D eigenvalue weighted by atomic mass is 35.5. The number of halogens is 3. The van der Waals surface area contributed by atoms with Crippen molar-refractivity contribution in [2.75, 3.05) is 13.1 Å². The number of carbonyl (C=O) groups is 1. The Kier molecular flexibility index (Phi) is 5.69. The topological polar surface area (TPSA) is 59.0 Å². The Balaban J connectivity index is 0.00000176. The first-order chi connectivity index (χ1) is 10.1. The third-order valence-electron chi connectivity index (χ3n) is 3.40. The van der Waals surface area contributed by atoms with E-state index >= 15 is 0 Å². The minimum absolute atomic E-state index is 0. The van der Waals surface area contributed by atoms with Gasteiger partial charge in [-0.05, 0) is 31.2 Å². The first-order valence-electron chi connectivity index (χ1n) is 6.65. The van der Waals surface area contributed by atoms with Crippen molar-refractivity contribution < 1.29 is 4.79 Å². The summed E-state index contributed by atoms with van der Waals surface area (Å²) in [5.74, 6) is -0.125. The molecule has 1 aromatic carbocycles. The molecular formula is C14H15Cl3N4O. The Morgan fingerprint density at radius 3 is 2.91 bits per heavy atom. The first kappa shape index (κ1) is 17.1. The third-order valence-corrected chi connectivity index (χ3v) is 3.93. The van der Waals surface area contributed by atoms with E-state index in [0.29, 0.717) is 21.3 Å². The maximum absolute atomic E-state index is 12.1. The van der Waals surface area contributed by atoms with Crippen LogP contribution < -0.4 is 10.6 Å². The Bertz CT molecular complexity index is 668. The molecule has 0 saturated carbocycles. The normalized spacial score (nSPS) is 17.1. The fourth-order valence-electron chi connectivity index (χ4n) is 2.29. The molecule has 1 unspecified atom stereocenters. The summed E-state index contributed by atoms with van der Waals surface area (Å²) in [4.78, 5) is 12.1. The predicted octanol–water partition coefficient (Wildman–Crippen LogP) is 2.69. The van der Waals surface area contributed by atoms with E-state index in [9.17, 15) is 4.79 Å². The van der Waals surface area contributed by atoms with Crippen molar-refractivity contribution in [2.45, 2.75) is 12.5 Å². The van der Waals surface area contributed by atoms with Crippen molar-refractivity contribution in [2.24, 2.45) is 0 Å². The maximum atomic E-state index is 12.1. The summed E-state index contributed by atoms with van der Waals surface area (Å²) >= 11 is 12.0. The highest BCUT2D eigenvalue weighted by molar-refractivity contribution is 6.35. The van der Waals surface area contributed by atoms with Crippen LogP contribution >= 0.6 is 35.6 Å². The summed E-state index contributed by atoms with van der Waals surface area (Å²) in [6.07, 6.45) is 4.14. The van der Waals surface area contributed by atoms with Gasteiger partial charge in [0.2, 0.25) is 0 Å².